The van der Waals surface area contributed by atoms with Crippen LogP contribution in [0.4, 0.5) is 4.39 Å². The molecule has 1 aliphatic heterocycles. The summed E-state index contributed by atoms with van der Waals surface area (Å²) in [4.78, 5) is 2.43. The van der Waals surface area contributed by atoms with E-state index in [1.54, 1.807) is 6.26 Å². The Kier molecular flexibility index (Phi) is 4.68. The van der Waals surface area contributed by atoms with E-state index in [-0.39, 0.29) is 5.82 Å². The number of halogens is 1. The summed E-state index contributed by atoms with van der Waals surface area (Å²) < 4.78 is 18.2. The minimum absolute atomic E-state index is 0.167. The molecular weight excluding hydrogens is 267 g/mol. The Morgan fingerprint density at radius 2 is 1.90 bits per heavy atom. The topological polar surface area (TPSA) is 28.4 Å². The van der Waals surface area contributed by atoms with Crippen LogP contribution in [0.1, 0.15) is 24.2 Å². The van der Waals surface area contributed by atoms with Gasteiger partial charge in [0.25, 0.3) is 0 Å². The van der Waals surface area contributed by atoms with E-state index in [4.69, 9.17) is 4.42 Å². The minimum Gasteiger partial charge on any atom is -0.468 e. The molecule has 1 aliphatic rings. The van der Waals surface area contributed by atoms with Crippen LogP contribution in [-0.4, -0.2) is 24.0 Å². The van der Waals surface area contributed by atoms with Gasteiger partial charge in [0.2, 0.25) is 0 Å². The fourth-order valence-electron chi connectivity index (χ4n) is 2.80. The minimum atomic E-state index is -0.167. The maximum Gasteiger partial charge on any atom is 0.123 e. The van der Waals surface area contributed by atoms with E-state index in [0.29, 0.717) is 6.04 Å². The molecule has 0 atom stereocenters. The fraction of sp³-hybridized carbons (Fsp3) is 0.412. The van der Waals surface area contributed by atoms with Crippen molar-refractivity contribution in [3.63, 3.8) is 0 Å². The van der Waals surface area contributed by atoms with Gasteiger partial charge in [-0.2, -0.15) is 0 Å². The van der Waals surface area contributed by atoms with Gasteiger partial charge in [-0.15, -0.1) is 0 Å². The summed E-state index contributed by atoms with van der Waals surface area (Å²) in [6.07, 6.45) is 3.99. The maximum absolute atomic E-state index is 12.9. The van der Waals surface area contributed by atoms with E-state index >= 15 is 0 Å². The molecule has 1 aromatic carbocycles. The first kappa shape index (κ1) is 14.3. The summed E-state index contributed by atoms with van der Waals surface area (Å²) in [5, 5.41) is 3.55. The summed E-state index contributed by atoms with van der Waals surface area (Å²) >= 11 is 0. The van der Waals surface area contributed by atoms with Gasteiger partial charge < -0.3 is 9.73 Å². The zero-order chi connectivity index (χ0) is 14.5. The molecule has 3 rings (SSSR count). The second-order valence-corrected chi connectivity index (χ2v) is 5.64. The molecule has 4 heteroatoms. The van der Waals surface area contributed by atoms with Crippen LogP contribution in [0, 0.1) is 5.82 Å². The molecule has 112 valence electrons. The lowest BCUT2D eigenvalue weighted by Gasteiger charge is -2.32. The lowest BCUT2D eigenvalue weighted by atomic mass is 10.0. The predicted molar refractivity (Wildman–Crippen MR) is 80.2 cm³/mol. The molecule has 1 fully saturated rings. The van der Waals surface area contributed by atoms with Crippen LogP contribution in [0.5, 0.6) is 0 Å². The second-order valence-electron chi connectivity index (χ2n) is 5.64. The summed E-state index contributed by atoms with van der Waals surface area (Å²) in [6, 6.07) is 11.3. The third-order valence-electron chi connectivity index (χ3n) is 4.05. The van der Waals surface area contributed by atoms with Crippen molar-refractivity contribution in [2.75, 3.05) is 13.1 Å². The number of benzene rings is 1. The van der Waals surface area contributed by atoms with Crippen molar-refractivity contribution < 1.29 is 8.81 Å². The molecule has 1 saturated heterocycles. The number of likely N-dealkylation sites (tertiary alicyclic amines) is 1. The van der Waals surface area contributed by atoms with E-state index in [2.05, 4.69) is 10.2 Å². The van der Waals surface area contributed by atoms with Gasteiger partial charge in [-0.05, 0) is 55.8 Å². The van der Waals surface area contributed by atoms with Crippen molar-refractivity contribution in [3.05, 3.63) is 59.8 Å². The van der Waals surface area contributed by atoms with Crippen LogP contribution in [-0.2, 0) is 13.1 Å². The van der Waals surface area contributed by atoms with E-state index in [1.807, 2.05) is 24.3 Å². The van der Waals surface area contributed by atoms with Gasteiger partial charge in [0.05, 0.1) is 12.8 Å². The fourth-order valence-corrected chi connectivity index (χ4v) is 2.80. The highest BCUT2D eigenvalue weighted by Crippen LogP contribution is 2.15. The molecule has 0 saturated carbocycles. The van der Waals surface area contributed by atoms with Crippen LogP contribution in [0.25, 0.3) is 0 Å². The van der Waals surface area contributed by atoms with Crippen molar-refractivity contribution >= 4 is 0 Å². The monoisotopic (exact) mass is 288 g/mol. The molecule has 0 amide bonds. The predicted octanol–water partition coefficient (Wildman–Crippen LogP) is 3.17. The molecule has 0 bridgehead atoms. The third kappa shape index (κ3) is 4.16. The number of furan rings is 1. The SMILES string of the molecule is Fc1ccc(CN2CCC(NCc3ccco3)CC2)cc1. The first-order valence-corrected chi connectivity index (χ1v) is 7.52. The summed E-state index contributed by atoms with van der Waals surface area (Å²) in [6.45, 7) is 3.86. The zero-order valence-electron chi connectivity index (χ0n) is 12.1. The molecule has 0 unspecified atom stereocenters. The van der Waals surface area contributed by atoms with E-state index in [9.17, 15) is 4.39 Å². The Bertz CT molecular complexity index is 530. The van der Waals surface area contributed by atoms with Crippen LogP contribution >= 0.6 is 0 Å². The molecule has 0 radical (unpaired) electrons. The van der Waals surface area contributed by atoms with Crippen molar-refractivity contribution in [2.24, 2.45) is 0 Å². The number of rotatable bonds is 5. The third-order valence-corrected chi connectivity index (χ3v) is 4.05. The molecule has 2 heterocycles. The van der Waals surface area contributed by atoms with E-state index in [1.165, 1.54) is 17.7 Å². The Labute approximate surface area is 124 Å². The first-order chi connectivity index (χ1) is 10.3. The molecule has 1 aromatic heterocycles. The summed E-state index contributed by atoms with van der Waals surface area (Å²) in [7, 11) is 0. The quantitative estimate of drug-likeness (QED) is 0.916. The van der Waals surface area contributed by atoms with Gasteiger partial charge in [-0.25, -0.2) is 4.39 Å². The molecule has 21 heavy (non-hydrogen) atoms. The molecule has 0 spiro atoms. The Morgan fingerprint density at radius 1 is 1.14 bits per heavy atom. The van der Waals surface area contributed by atoms with Gasteiger partial charge in [0.15, 0.2) is 0 Å². The van der Waals surface area contributed by atoms with Crippen molar-refractivity contribution in [2.45, 2.75) is 32.0 Å². The maximum atomic E-state index is 12.9. The smallest absolute Gasteiger partial charge is 0.123 e. The molecular formula is C17H21FN2O. The number of nitrogens with one attached hydrogen (secondary N) is 1. The van der Waals surface area contributed by atoms with Gasteiger partial charge in [-0.3, -0.25) is 4.90 Å². The average Bonchev–Trinajstić information content (AvgIpc) is 3.02. The van der Waals surface area contributed by atoms with Gasteiger partial charge in [0, 0.05) is 12.6 Å². The molecule has 1 N–H and O–H groups in total. The molecule has 0 aliphatic carbocycles. The Morgan fingerprint density at radius 3 is 2.57 bits per heavy atom. The van der Waals surface area contributed by atoms with Gasteiger partial charge in [-0.1, -0.05) is 12.1 Å². The lowest BCUT2D eigenvalue weighted by Crippen LogP contribution is -2.41. The van der Waals surface area contributed by atoms with Crippen LogP contribution < -0.4 is 5.32 Å². The second kappa shape index (κ2) is 6.87. The van der Waals surface area contributed by atoms with Crippen LogP contribution in [0.3, 0.4) is 0 Å². The van der Waals surface area contributed by atoms with Crippen LogP contribution in [0.2, 0.25) is 0 Å². The van der Waals surface area contributed by atoms with E-state index < -0.39 is 0 Å². The normalized spacial score (nSPS) is 17.2. The molecule has 2 aromatic rings. The number of piperidine rings is 1. The number of nitrogens with zero attached hydrogens (tertiary/aromatic N) is 1. The highest BCUT2D eigenvalue weighted by molar-refractivity contribution is 5.16. The van der Waals surface area contributed by atoms with Crippen LogP contribution in [0.15, 0.2) is 47.1 Å². The van der Waals surface area contributed by atoms with Crippen molar-refractivity contribution in [3.8, 4) is 0 Å². The average molecular weight is 288 g/mol. The largest absolute Gasteiger partial charge is 0.468 e. The number of hydrogen-bond acceptors (Lipinski definition) is 3. The van der Waals surface area contributed by atoms with E-state index in [0.717, 1.165) is 44.8 Å². The van der Waals surface area contributed by atoms with Crippen molar-refractivity contribution in [1.82, 2.24) is 10.2 Å². The summed E-state index contributed by atoms with van der Waals surface area (Å²) in [5.41, 5.74) is 1.18. The summed E-state index contributed by atoms with van der Waals surface area (Å²) in [5.74, 6) is 0.823. The molecule has 3 nitrogen and oxygen atoms in total. The number of hydrogen-bond donors (Lipinski definition) is 1. The van der Waals surface area contributed by atoms with Gasteiger partial charge in [0.1, 0.15) is 11.6 Å². The first-order valence-electron chi connectivity index (χ1n) is 7.52. The Hall–Kier alpha value is -1.65. The van der Waals surface area contributed by atoms with Gasteiger partial charge >= 0.3 is 0 Å². The Balaban J connectivity index is 1.41. The standard InChI is InChI=1S/C17H21FN2O/c18-15-5-3-14(4-6-15)13-20-9-7-16(8-10-20)19-12-17-2-1-11-21-17/h1-6,11,16,19H,7-10,12-13H2. The van der Waals surface area contributed by atoms with Crippen molar-refractivity contribution in [1.29, 1.82) is 0 Å². The lowest BCUT2D eigenvalue weighted by molar-refractivity contribution is 0.188. The highest BCUT2D eigenvalue weighted by Gasteiger charge is 2.18. The highest BCUT2D eigenvalue weighted by atomic mass is 19.1. The zero-order valence-corrected chi connectivity index (χ0v) is 12.1.